The molecular formula is C13H19N. The van der Waals surface area contributed by atoms with E-state index in [0.29, 0.717) is 0 Å². The highest BCUT2D eigenvalue weighted by Crippen LogP contribution is 2.30. The minimum atomic E-state index is 0.888. The van der Waals surface area contributed by atoms with Gasteiger partial charge in [0, 0.05) is 5.69 Å². The van der Waals surface area contributed by atoms with E-state index in [0.717, 1.165) is 11.6 Å². The Balaban J connectivity index is 2.11. The fraction of sp³-hybridized carbons (Fsp3) is 0.538. The summed E-state index contributed by atoms with van der Waals surface area (Å²) in [5.74, 6) is 0.888. The van der Waals surface area contributed by atoms with E-state index < -0.39 is 0 Å². The Hall–Kier alpha value is -0.980. The topological polar surface area (TPSA) is 26.0 Å². The van der Waals surface area contributed by atoms with Crippen molar-refractivity contribution in [3.05, 3.63) is 29.3 Å². The van der Waals surface area contributed by atoms with Crippen LogP contribution in [0.4, 0.5) is 5.69 Å². The highest BCUT2D eigenvalue weighted by Gasteiger charge is 2.16. The molecule has 0 radical (unpaired) electrons. The van der Waals surface area contributed by atoms with Gasteiger partial charge in [-0.05, 0) is 30.4 Å². The molecule has 1 nitrogen and oxygen atoms in total. The number of hydrogen-bond donors (Lipinski definition) is 1. The SMILES string of the molecule is Cc1cccc(CC2CCCC2)c1N. The van der Waals surface area contributed by atoms with E-state index in [1.807, 2.05) is 0 Å². The molecule has 0 bridgehead atoms. The third kappa shape index (κ3) is 1.92. The number of hydrogen-bond acceptors (Lipinski definition) is 1. The molecule has 2 rings (SSSR count). The normalized spacial score (nSPS) is 17.5. The average molecular weight is 189 g/mol. The van der Waals surface area contributed by atoms with Gasteiger partial charge in [0.25, 0.3) is 0 Å². The molecule has 0 aliphatic heterocycles. The van der Waals surface area contributed by atoms with Crippen molar-refractivity contribution in [2.24, 2.45) is 5.92 Å². The molecule has 1 fully saturated rings. The maximum atomic E-state index is 6.06. The van der Waals surface area contributed by atoms with E-state index in [1.165, 1.54) is 43.2 Å². The molecule has 1 aromatic rings. The lowest BCUT2D eigenvalue weighted by Crippen LogP contribution is -2.03. The van der Waals surface area contributed by atoms with Gasteiger partial charge in [-0.2, -0.15) is 0 Å². The Morgan fingerprint density at radius 1 is 1.29 bits per heavy atom. The Labute approximate surface area is 86.3 Å². The van der Waals surface area contributed by atoms with Gasteiger partial charge < -0.3 is 5.73 Å². The Morgan fingerprint density at radius 3 is 2.71 bits per heavy atom. The van der Waals surface area contributed by atoms with Gasteiger partial charge in [-0.3, -0.25) is 0 Å². The van der Waals surface area contributed by atoms with Gasteiger partial charge in [0.15, 0.2) is 0 Å². The summed E-state index contributed by atoms with van der Waals surface area (Å²) in [4.78, 5) is 0. The Bertz CT molecular complexity index is 311. The molecule has 0 spiro atoms. The second-order valence-electron chi connectivity index (χ2n) is 4.50. The molecule has 76 valence electrons. The van der Waals surface area contributed by atoms with Crippen molar-refractivity contribution in [3.8, 4) is 0 Å². The van der Waals surface area contributed by atoms with Crippen LogP contribution < -0.4 is 5.73 Å². The van der Waals surface area contributed by atoms with Crippen LogP contribution in [-0.4, -0.2) is 0 Å². The third-order valence-corrected chi connectivity index (χ3v) is 3.40. The van der Waals surface area contributed by atoms with E-state index in [2.05, 4.69) is 25.1 Å². The fourth-order valence-electron chi connectivity index (χ4n) is 2.44. The predicted octanol–water partition coefficient (Wildman–Crippen LogP) is 3.31. The molecule has 14 heavy (non-hydrogen) atoms. The van der Waals surface area contributed by atoms with E-state index in [9.17, 15) is 0 Å². The quantitative estimate of drug-likeness (QED) is 0.710. The Kier molecular flexibility index (Phi) is 2.76. The van der Waals surface area contributed by atoms with Gasteiger partial charge in [-0.1, -0.05) is 43.9 Å². The van der Waals surface area contributed by atoms with Gasteiger partial charge in [0.1, 0.15) is 0 Å². The zero-order valence-corrected chi connectivity index (χ0v) is 8.92. The van der Waals surface area contributed by atoms with Gasteiger partial charge in [-0.25, -0.2) is 0 Å². The molecule has 0 saturated heterocycles. The summed E-state index contributed by atoms with van der Waals surface area (Å²) in [6.45, 7) is 2.09. The maximum Gasteiger partial charge on any atom is 0.0376 e. The van der Waals surface area contributed by atoms with Crippen LogP contribution in [0.15, 0.2) is 18.2 Å². The van der Waals surface area contributed by atoms with Gasteiger partial charge >= 0.3 is 0 Å². The Morgan fingerprint density at radius 2 is 2.00 bits per heavy atom. The monoisotopic (exact) mass is 189 g/mol. The molecule has 1 aliphatic rings. The lowest BCUT2D eigenvalue weighted by atomic mass is 9.95. The van der Waals surface area contributed by atoms with E-state index >= 15 is 0 Å². The summed E-state index contributed by atoms with van der Waals surface area (Å²) in [5.41, 5.74) is 9.65. The molecule has 1 aromatic carbocycles. The number of nitrogens with two attached hydrogens (primary N) is 1. The summed E-state index contributed by atoms with van der Waals surface area (Å²) < 4.78 is 0. The summed E-state index contributed by atoms with van der Waals surface area (Å²) in [7, 11) is 0. The van der Waals surface area contributed by atoms with E-state index in [1.54, 1.807) is 0 Å². The molecule has 2 N–H and O–H groups in total. The average Bonchev–Trinajstić information content (AvgIpc) is 2.66. The molecule has 0 heterocycles. The second-order valence-corrected chi connectivity index (χ2v) is 4.50. The number of benzene rings is 1. The van der Waals surface area contributed by atoms with Crippen LogP contribution in [-0.2, 0) is 6.42 Å². The molecule has 0 aromatic heterocycles. The predicted molar refractivity (Wildman–Crippen MR) is 61.3 cm³/mol. The van der Waals surface area contributed by atoms with Crippen molar-refractivity contribution in [2.75, 3.05) is 5.73 Å². The number of aryl methyl sites for hydroxylation is 1. The van der Waals surface area contributed by atoms with Gasteiger partial charge in [0.2, 0.25) is 0 Å². The summed E-state index contributed by atoms with van der Waals surface area (Å²) in [6.07, 6.45) is 6.81. The maximum absolute atomic E-state index is 6.06. The van der Waals surface area contributed by atoms with Gasteiger partial charge in [0.05, 0.1) is 0 Å². The minimum absolute atomic E-state index is 0.888. The third-order valence-electron chi connectivity index (χ3n) is 3.40. The number of rotatable bonds is 2. The van der Waals surface area contributed by atoms with Crippen LogP contribution in [0.25, 0.3) is 0 Å². The van der Waals surface area contributed by atoms with Crippen LogP contribution in [0.3, 0.4) is 0 Å². The summed E-state index contributed by atoms with van der Waals surface area (Å²) in [5, 5.41) is 0. The first-order valence-corrected chi connectivity index (χ1v) is 5.61. The first-order valence-electron chi connectivity index (χ1n) is 5.61. The van der Waals surface area contributed by atoms with Crippen molar-refractivity contribution in [1.82, 2.24) is 0 Å². The largest absolute Gasteiger partial charge is 0.398 e. The first kappa shape index (κ1) is 9.57. The molecule has 1 heteroatoms. The van der Waals surface area contributed by atoms with Gasteiger partial charge in [-0.15, -0.1) is 0 Å². The van der Waals surface area contributed by atoms with Crippen LogP contribution in [0.2, 0.25) is 0 Å². The van der Waals surface area contributed by atoms with Crippen molar-refractivity contribution < 1.29 is 0 Å². The molecule has 0 amide bonds. The van der Waals surface area contributed by atoms with Crippen LogP contribution in [0, 0.1) is 12.8 Å². The summed E-state index contributed by atoms with van der Waals surface area (Å²) in [6, 6.07) is 6.39. The highest BCUT2D eigenvalue weighted by molar-refractivity contribution is 5.53. The van der Waals surface area contributed by atoms with Crippen molar-refractivity contribution in [1.29, 1.82) is 0 Å². The molecular weight excluding hydrogens is 170 g/mol. The van der Waals surface area contributed by atoms with Crippen LogP contribution in [0.5, 0.6) is 0 Å². The second kappa shape index (κ2) is 4.04. The van der Waals surface area contributed by atoms with Crippen LogP contribution >= 0.6 is 0 Å². The van der Waals surface area contributed by atoms with Crippen molar-refractivity contribution in [2.45, 2.75) is 39.0 Å². The van der Waals surface area contributed by atoms with Crippen molar-refractivity contribution >= 4 is 5.69 Å². The van der Waals surface area contributed by atoms with Crippen molar-refractivity contribution in [3.63, 3.8) is 0 Å². The molecule has 0 unspecified atom stereocenters. The minimum Gasteiger partial charge on any atom is -0.398 e. The van der Waals surface area contributed by atoms with Crippen LogP contribution in [0.1, 0.15) is 36.8 Å². The fourth-order valence-corrected chi connectivity index (χ4v) is 2.44. The zero-order valence-electron chi connectivity index (χ0n) is 8.92. The molecule has 1 aliphatic carbocycles. The first-order chi connectivity index (χ1) is 6.77. The number of para-hydroxylation sites is 1. The molecule has 0 atom stereocenters. The number of anilines is 1. The standard InChI is InChI=1S/C13H19N/c1-10-5-4-8-12(13(10)14)9-11-6-2-3-7-11/h4-5,8,11H,2-3,6-7,9,14H2,1H3. The lowest BCUT2D eigenvalue weighted by molar-refractivity contribution is 0.547. The molecule has 1 saturated carbocycles. The lowest BCUT2D eigenvalue weighted by Gasteiger charge is -2.12. The van der Waals surface area contributed by atoms with E-state index in [-0.39, 0.29) is 0 Å². The van der Waals surface area contributed by atoms with E-state index in [4.69, 9.17) is 5.73 Å². The number of nitrogen functional groups attached to an aromatic ring is 1. The summed E-state index contributed by atoms with van der Waals surface area (Å²) >= 11 is 0. The zero-order chi connectivity index (χ0) is 9.97. The smallest absolute Gasteiger partial charge is 0.0376 e. The highest BCUT2D eigenvalue weighted by atomic mass is 14.6.